The molecule has 0 radical (unpaired) electrons. The fraction of sp³-hybridized carbons (Fsp3) is 0.385. The lowest BCUT2D eigenvalue weighted by Gasteiger charge is -2.35. The molecule has 194 valence electrons. The highest BCUT2D eigenvalue weighted by atomic mass is 35.6. The van der Waals surface area contributed by atoms with Crippen LogP contribution in [-0.4, -0.2) is 49.3 Å². The summed E-state index contributed by atoms with van der Waals surface area (Å²) in [5, 5.41) is 16.5. The average molecular weight is 555 g/mol. The number of para-hydroxylation sites is 1. The van der Waals surface area contributed by atoms with Crippen LogP contribution in [0.3, 0.4) is 0 Å². The molecular weight excluding hydrogens is 525 g/mol. The Kier molecular flexibility index (Phi) is 8.83. The first-order chi connectivity index (χ1) is 16.8. The quantitative estimate of drug-likeness (QED) is 0.325. The first kappa shape index (κ1) is 28.1. The van der Waals surface area contributed by atoms with E-state index in [0.717, 1.165) is 16.5 Å². The van der Waals surface area contributed by atoms with E-state index in [2.05, 4.69) is 10.6 Å². The number of alkyl carbamates (subject to hydrolysis) is 1. The number of carbonyl (C=O) groups is 2. The molecule has 0 aliphatic carbocycles. The summed E-state index contributed by atoms with van der Waals surface area (Å²) in [7, 11) is 0. The van der Waals surface area contributed by atoms with Crippen molar-refractivity contribution in [3.8, 4) is 0 Å². The van der Waals surface area contributed by atoms with Gasteiger partial charge in [-0.05, 0) is 50.3 Å². The molecule has 36 heavy (non-hydrogen) atoms. The number of aliphatic hydroxyl groups excluding tert-OH is 1. The number of nitrogens with zero attached hydrogens (tertiary/aromatic N) is 1. The Balaban J connectivity index is 1.86. The van der Waals surface area contributed by atoms with E-state index in [9.17, 15) is 14.7 Å². The maximum Gasteiger partial charge on any atom is 0.408 e. The van der Waals surface area contributed by atoms with Gasteiger partial charge in [0, 0.05) is 11.7 Å². The van der Waals surface area contributed by atoms with Crippen LogP contribution in [0.4, 0.5) is 4.79 Å². The van der Waals surface area contributed by atoms with Crippen molar-refractivity contribution >= 4 is 57.7 Å². The second-order valence-electron chi connectivity index (χ2n) is 9.40. The van der Waals surface area contributed by atoms with Crippen molar-refractivity contribution in [1.29, 1.82) is 0 Å². The molecule has 0 fully saturated rings. The molecule has 3 aromatic rings. The Morgan fingerprint density at radius 1 is 1.00 bits per heavy atom. The summed E-state index contributed by atoms with van der Waals surface area (Å²) < 4.78 is 5.37. The number of rotatable bonds is 9. The third kappa shape index (κ3) is 6.85. The van der Waals surface area contributed by atoms with E-state index in [1.807, 2.05) is 71.4 Å². The van der Waals surface area contributed by atoms with Gasteiger partial charge in [-0.3, -0.25) is 4.79 Å². The van der Waals surface area contributed by atoms with Crippen molar-refractivity contribution in [1.82, 2.24) is 15.2 Å². The highest BCUT2D eigenvalue weighted by Crippen LogP contribution is 2.40. The second kappa shape index (κ2) is 11.3. The van der Waals surface area contributed by atoms with Crippen LogP contribution in [0, 0.1) is 0 Å². The topological polar surface area (TPSA) is 92.6 Å². The summed E-state index contributed by atoms with van der Waals surface area (Å²) in [6.45, 7) is 4.29. The Labute approximate surface area is 225 Å². The van der Waals surface area contributed by atoms with Gasteiger partial charge in [0.05, 0.1) is 19.2 Å². The number of carbonyl (C=O) groups excluding carboxylic acids is 2. The van der Waals surface area contributed by atoms with Gasteiger partial charge in [-0.25, -0.2) is 4.79 Å². The van der Waals surface area contributed by atoms with E-state index in [1.165, 1.54) is 13.8 Å². The normalized spacial score (nSPS) is 14.6. The lowest BCUT2D eigenvalue weighted by Crippen LogP contribution is -2.62. The molecule has 3 rings (SSSR count). The number of aliphatic hydroxyl groups is 1. The predicted octanol–water partition coefficient (Wildman–Crippen LogP) is 4.99. The van der Waals surface area contributed by atoms with Crippen molar-refractivity contribution < 1.29 is 19.4 Å². The molecule has 1 aromatic heterocycles. The van der Waals surface area contributed by atoms with Crippen molar-refractivity contribution in [2.75, 3.05) is 6.61 Å². The molecule has 2 aromatic carbocycles. The van der Waals surface area contributed by atoms with Crippen LogP contribution >= 0.6 is 34.8 Å². The SMILES string of the molecule is CC(Cn1ccc2ccccc21)(NC(=O)OC(C)(C)C(Cl)(Cl)Cl)C(=O)NC(CO)Cc1ccccc1. The number of aromatic nitrogens is 1. The zero-order valence-electron chi connectivity index (χ0n) is 20.3. The molecule has 0 spiro atoms. The summed E-state index contributed by atoms with van der Waals surface area (Å²) in [6.07, 6.45) is 1.32. The smallest absolute Gasteiger partial charge is 0.408 e. The van der Waals surface area contributed by atoms with Gasteiger partial charge < -0.3 is 25.0 Å². The molecule has 0 aliphatic heterocycles. The van der Waals surface area contributed by atoms with E-state index < -0.39 is 33.0 Å². The molecule has 3 N–H and O–H groups in total. The summed E-state index contributed by atoms with van der Waals surface area (Å²) in [6, 6.07) is 18.5. The minimum absolute atomic E-state index is 0.0825. The summed E-state index contributed by atoms with van der Waals surface area (Å²) >= 11 is 17.9. The van der Waals surface area contributed by atoms with Gasteiger partial charge in [-0.2, -0.15) is 0 Å². The summed E-state index contributed by atoms with van der Waals surface area (Å²) in [4.78, 5) is 26.5. The van der Waals surface area contributed by atoms with Crippen molar-refractivity contribution in [3.05, 3.63) is 72.4 Å². The predicted molar refractivity (Wildman–Crippen MR) is 143 cm³/mol. The Hall–Kier alpha value is -2.45. The minimum Gasteiger partial charge on any atom is -0.439 e. The van der Waals surface area contributed by atoms with E-state index >= 15 is 0 Å². The number of amides is 2. The second-order valence-corrected chi connectivity index (χ2v) is 11.7. The third-order valence-electron chi connectivity index (χ3n) is 5.96. The number of hydrogen-bond donors (Lipinski definition) is 3. The minimum atomic E-state index is -1.89. The number of ether oxygens (including phenoxy) is 1. The Morgan fingerprint density at radius 3 is 2.28 bits per heavy atom. The van der Waals surface area contributed by atoms with E-state index in [-0.39, 0.29) is 13.2 Å². The van der Waals surface area contributed by atoms with Crippen LogP contribution in [0.25, 0.3) is 10.9 Å². The molecule has 0 saturated carbocycles. The molecule has 0 aliphatic rings. The van der Waals surface area contributed by atoms with Gasteiger partial charge in [0.2, 0.25) is 9.70 Å². The van der Waals surface area contributed by atoms with Crippen LogP contribution in [0.1, 0.15) is 26.3 Å². The zero-order chi connectivity index (χ0) is 26.6. The van der Waals surface area contributed by atoms with Gasteiger partial charge in [0.25, 0.3) is 0 Å². The molecule has 0 saturated heterocycles. The molecule has 2 atom stereocenters. The number of fused-ring (bicyclic) bond motifs is 1. The Morgan fingerprint density at radius 2 is 1.64 bits per heavy atom. The lowest BCUT2D eigenvalue weighted by molar-refractivity contribution is -0.128. The fourth-order valence-electron chi connectivity index (χ4n) is 3.73. The van der Waals surface area contributed by atoms with E-state index in [1.54, 1.807) is 6.92 Å². The van der Waals surface area contributed by atoms with Gasteiger partial charge in [-0.15, -0.1) is 0 Å². The van der Waals surface area contributed by atoms with Crippen molar-refractivity contribution in [2.45, 2.75) is 54.7 Å². The first-order valence-corrected chi connectivity index (χ1v) is 12.6. The number of halogens is 3. The fourth-order valence-corrected chi connectivity index (χ4v) is 3.85. The Bertz CT molecular complexity index is 1190. The number of hydrogen-bond acceptors (Lipinski definition) is 4. The highest BCUT2D eigenvalue weighted by Gasteiger charge is 2.46. The van der Waals surface area contributed by atoms with Crippen LogP contribution in [0.2, 0.25) is 0 Å². The van der Waals surface area contributed by atoms with Gasteiger partial charge in [-0.1, -0.05) is 83.3 Å². The van der Waals surface area contributed by atoms with Crippen LogP contribution in [0.5, 0.6) is 0 Å². The van der Waals surface area contributed by atoms with Crippen LogP contribution in [-0.2, 0) is 22.5 Å². The van der Waals surface area contributed by atoms with Crippen molar-refractivity contribution in [3.63, 3.8) is 0 Å². The summed E-state index contributed by atoms with van der Waals surface area (Å²) in [5.41, 5.74) is -1.12. The molecule has 2 amide bonds. The maximum atomic E-state index is 13.6. The standard InChI is InChI=1S/C26H30Cl3N3O4/c1-24(2,26(27,28)29)36-23(35)31-25(3,17-32-14-13-19-11-7-8-12-21(19)32)22(34)30-20(16-33)15-18-9-5-4-6-10-18/h4-14,20,33H,15-17H2,1-3H3,(H,30,34)(H,31,35). The first-order valence-electron chi connectivity index (χ1n) is 11.4. The average Bonchev–Trinajstić information content (AvgIpc) is 3.20. The van der Waals surface area contributed by atoms with Crippen molar-refractivity contribution in [2.24, 2.45) is 0 Å². The molecule has 1 heterocycles. The number of benzene rings is 2. The largest absolute Gasteiger partial charge is 0.439 e. The van der Waals surface area contributed by atoms with E-state index in [0.29, 0.717) is 6.42 Å². The van der Waals surface area contributed by atoms with Gasteiger partial charge in [0.1, 0.15) is 5.54 Å². The highest BCUT2D eigenvalue weighted by molar-refractivity contribution is 6.68. The third-order valence-corrected chi connectivity index (χ3v) is 7.32. The van der Waals surface area contributed by atoms with Crippen LogP contribution in [0.15, 0.2) is 66.9 Å². The summed E-state index contributed by atoms with van der Waals surface area (Å²) in [5.74, 6) is -0.501. The lowest BCUT2D eigenvalue weighted by atomic mass is 9.99. The number of nitrogens with one attached hydrogen (secondary N) is 2. The van der Waals surface area contributed by atoms with Gasteiger partial charge >= 0.3 is 6.09 Å². The maximum absolute atomic E-state index is 13.6. The molecule has 0 bridgehead atoms. The molecular formula is C26H30Cl3N3O4. The molecule has 2 unspecified atom stereocenters. The zero-order valence-corrected chi connectivity index (χ0v) is 22.6. The number of alkyl halides is 3. The van der Waals surface area contributed by atoms with Gasteiger partial charge in [0.15, 0.2) is 5.60 Å². The molecule has 10 heteroatoms. The van der Waals surface area contributed by atoms with E-state index in [4.69, 9.17) is 39.5 Å². The molecule has 7 nitrogen and oxygen atoms in total. The monoisotopic (exact) mass is 553 g/mol. The van der Waals surface area contributed by atoms with Crippen LogP contribution < -0.4 is 10.6 Å².